The Bertz CT molecular complexity index is 801. The highest BCUT2D eigenvalue weighted by molar-refractivity contribution is 9.10. The fourth-order valence-corrected chi connectivity index (χ4v) is 2.93. The van der Waals surface area contributed by atoms with Gasteiger partial charge in [0.25, 0.3) is 0 Å². The summed E-state index contributed by atoms with van der Waals surface area (Å²) >= 11 is 3.41. The van der Waals surface area contributed by atoms with Crippen LogP contribution in [0.1, 0.15) is 18.5 Å². The third-order valence-corrected chi connectivity index (χ3v) is 4.10. The summed E-state index contributed by atoms with van der Waals surface area (Å²) in [6.45, 7) is 1.78. The normalized spacial score (nSPS) is 16.6. The number of hydrogen-bond acceptors (Lipinski definition) is 7. The maximum absolute atomic E-state index is 12.3. The number of carbonyl (C=O) groups excluding carboxylic acids is 1. The molecule has 0 spiro atoms. The number of nitrogens with zero attached hydrogens (tertiary/aromatic N) is 4. The maximum atomic E-state index is 12.3. The number of ether oxygens (including phenoxy) is 2. The molecular formula is C14H14BrN5O3. The van der Waals surface area contributed by atoms with E-state index in [9.17, 15) is 4.79 Å². The van der Waals surface area contributed by atoms with Gasteiger partial charge in [0.1, 0.15) is 11.8 Å². The van der Waals surface area contributed by atoms with Crippen LogP contribution in [0.25, 0.3) is 0 Å². The number of fused-ring (bicyclic) bond motifs is 1. The molecule has 2 heterocycles. The van der Waals surface area contributed by atoms with Gasteiger partial charge in [-0.2, -0.15) is 4.68 Å². The first-order chi connectivity index (χ1) is 11.1. The van der Waals surface area contributed by atoms with Crippen LogP contribution in [0.5, 0.6) is 5.75 Å². The molecule has 0 unspecified atom stereocenters. The molecule has 8 nitrogen and oxygen atoms in total. The van der Waals surface area contributed by atoms with Crippen LogP contribution >= 0.6 is 15.9 Å². The number of hydrogen-bond donors (Lipinski definition) is 1. The highest BCUT2D eigenvalue weighted by Crippen LogP contribution is 2.39. The van der Waals surface area contributed by atoms with E-state index in [1.165, 1.54) is 11.8 Å². The van der Waals surface area contributed by atoms with Crippen molar-refractivity contribution in [3.63, 3.8) is 0 Å². The van der Waals surface area contributed by atoms with Gasteiger partial charge in [0.15, 0.2) is 0 Å². The van der Waals surface area contributed by atoms with Crippen molar-refractivity contribution in [2.45, 2.75) is 13.0 Å². The van der Waals surface area contributed by atoms with Gasteiger partial charge in [0, 0.05) is 15.7 Å². The molecule has 0 fully saturated rings. The molecule has 9 heteroatoms. The average molecular weight is 380 g/mol. The van der Waals surface area contributed by atoms with Crippen molar-refractivity contribution in [2.75, 3.05) is 19.5 Å². The minimum atomic E-state index is -0.545. The summed E-state index contributed by atoms with van der Waals surface area (Å²) in [5, 5.41) is 14.6. The Balaban J connectivity index is 2.24. The van der Waals surface area contributed by atoms with E-state index in [1.807, 2.05) is 18.2 Å². The van der Waals surface area contributed by atoms with Gasteiger partial charge in [-0.3, -0.25) is 0 Å². The van der Waals surface area contributed by atoms with Crippen LogP contribution in [-0.4, -0.2) is 40.4 Å². The number of anilines is 1. The second kappa shape index (κ2) is 5.99. The van der Waals surface area contributed by atoms with E-state index in [4.69, 9.17) is 9.47 Å². The first-order valence-electron chi connectivity index (χ1n) is 6.74. The van der Waals surface area contributed by atoms with Crippen molar-refractivity contribution in [3.8, 4) is 5.75 Å². The summed E-state index contributed by atoms with van der Waals surface area (Å²) in [7, 11) is 2.91. The number of aromatic nitrogens is 4. The molecule has 1 aromatic heterocycles. The standard InChI is InChI=1S/C14H14BrN5O3/c1-7-11(13(21)23-3)12(20-14(16-7)17-18-19-20)9-5-4-8(15)6-10(9)22-2/h4-6,12H,1-3H3,(H,16,17,19)/t12-/m1/s1. The molecule has 0 bridgehead atoms. The van der Waals surface area contributed by atoms with E-state index in [2.05, 4.69) is 36.8 Å². The molecule has 0 saturated carbocycles. The van der Waals surface area contributed by atoms with E-state index in [1.54, 1.807) is 14.0 Å². The van der Waals surface area contributed by atoms with Crippen LogP contribution in [0.2, 0.25) is 0 Å². The third kappa shape index (κ3) is 2.56. The van der Waals surface area contributed by atoms with E-state index in [0.29, 0.717) is 23.0 Å². The highest BCUT2D eigenvalue weighted by atomic mass is 79.9. The molecule has 23 heavy (non-hydrogen) atoms. The van der Waals surface area contributed by atoms with Gasteiger partial charge >= 0.3 is 5.97 Å². The van der Waals surface area contributed by atoms with Gasteiger partial charge in [-0.25, -0.2) is 4.79 Å². The molecule has 1 aliphatic heterocycles. The number of benzene rings is 1. The van der Waals surface area contributed by atoms with Crippen molar-refractivity contribution in [1.29, 1.82) is 0 Å². The lowest BCUT2D eigenvalue weighted by Gasteiger charge is -2.28. The molecule has 1 N–H and O–H groups in total. The number of carbonyl (C=O) groups is 1. The Labute approximate surface area is 140 Å². The van der Waals surface area contributed by atoms with Crippen molar-refractivity contribution in [1.82, 2.24) is 20.2 Å². The van der Waals surface area contributed by atoms with Crippen molar-refractivity contribution in [2.24, 2.45) is 0 Å². The lowest BCUT2D eigenvalue weighted by molar-refractivity contribution is -0.136. The second-order valence-electron chi connectivity index (χ2n) is 4.89. The summed E-state index contributed by atoms with van der Waals surface area (Å²) in [4.78, 5) is 12.3. The van der Waals surface area contributed by atoms with Crippen LogP contribution < -0.4 is 10.1 Å². The predicted octanol–water partition coefficient (Wildman–Crippen LogP) is 1.91. The minimum absolute atomic E-state index is 0.424. The molecule has 2 aromatic rings. The molecule has 1 aliphatic rings. The fraction of sp³-hybridized carbons (Fsp3) is 0.286. The summed E-state index contributed by atoms with van der Waals surface area (Å²) in [6, 6.07) is 5.01. The average Bonchev–Trinajstić information content (AvgIpc) is 3.00. The number of allylic oxidation sites excluding steroid dienone is 1. The maximum Gasteiger partial charge on any atom is 0.338 e. The Morgan fingerprint density at radius 1 is 1.39 bits per heavy atom. The van der Waals surface area contributed by atoms with Gasteiger partial charge in [0.05, 0.1) is 19.8 Å². The quantitative estimate of drug-likeness (QED) is 0.814. The smallest absolute Gasteiger partial charge is 0.338 e. The minimum Gasteiger partial charge on any atom is -0.496 e. The third-order valence-electron chi connectivity index (χ3n) is 3.61. The van der Waals surface area contributed by atoms with Gasteiger partial charge < -0.3 is 14.8 Å². The Hall–Kier alpha value is -2.42. The number of methoxy groups -OCH3 is 2. The molecule has 1 aromatic carbocycles. The van der Waals surface area contributed by atoms with Gasteiger partial charge in [-0.15, -0.1) is 0 Å². The van der Waals surface area contributed by atoms with E-state index >= 15 is 0 Å². The Morgan fingerprint density at radius 3 is 2.87 bits per heavy atom. The summed E-state index contributed by atoms with van der Waals surface area (Å²) in [5.41, 5.74) is 1.81. The molecule has 0 saturated heterocycles. The topological polar surface area (TPSA) is 91.2 Å². The lowest BCUT2D eigenvalue weighted by atomic mass is 9.95. The van der Waals surface area contributed by atoms with Crippen molar-refractivity contribution in [3.05, 3.63) is 39.5 Å². The zero-order valence-corrected chi connectivity index (χ0v) is 14.3. The molecule has 0 amide bonds. The molecular weight excluding hydrogens is 366 g/mol. The zero-order valence-electron chi connectivity index (χ0n) is 12.7. The summed E-state index contributed by atoms with van der Waals surface area (Å²) < 4.78 is 12.8. The number of halogens is 1. The first-order valence-corrected chi connectivity index (χ1v) is 7.53. The highest BCUT2D eigenvalue weighted by Gasteiger charge is 2.36. The molecule has 120 valence electrons. The van der Waals surface area contributed by atoms with E-state index < -0.39 is 12.0 Å². The van der Waals surface area contributed by atoms with Crippen molar-refractivity contribution < 1.29 is 14.3 Å². The predicted molar refractivity (Wildman–Crippen MR) is 85.0 cm³/mol. The number of rotatable bonds is 3. The van der Waals surface area contributed by atoms with Crippen LogP contribution in [-0.2, 0) is 9.53 Å². The zero-order chi connectivity index (χ0) is 16.6. The van der Waals surface area contributed by atoms with Gasteiger partial charge in [-0.05, 0) is 29.5 Å². The largest absolute Gasteiger partial charge is 0.496 e. The van der Waals surface area contributed by atoms with Gasteiger partial charge in [0.2, 0.25) is 5.95 Å². The molecule has 0 aliphatic carbocycles. The van der Waals surface area contributed by atoms with E-state index in [-0.39, 0.29) is 0 Å². The van der Waals surface area contributed by atoms with Crippen LogP contribution in [0.3, 0.4) is 0 Å². The van der Waals surface area contributed by atoms with Gasteiger partial charge in [-0.1, -0.05) is 27.1 Å². The second-order valence-corrected chi connectivity index (χ2v) is 5.81. The molecule has 1 atom stereocenters. The van der Waals surface area contributed by atoms with Crippen molar-refractivity contribution >= 4 is 27.8 Å². The van der Waals surface area contributed by atoms with E-state index in [0.717, 1.165) is 10.0 Å². The summed E-state index contributed by atoms with van der Waals surface area (Å²) in [5.74, 6) is 0.609. The van der Waals surface area contributed by atoms with Crippen LogP contribution in [0, 0.1) is 0 Å². The van der Waals surface area contributed by atoms with Crippen LogP contribution in [0.15, 0.2) is 33.9 Å². The Kier molecular flexibility index (Phi) is 4.03. The molecule has 0 radical (unpaired) electrons. The van der Waals surface area contributed by atoms with Crippen LogP contribution in [0.4, 0.5) is 5.95 Å². The number of nitrogens with one attached hydrogen (secondary N) is 1. The fourth-order valence-electron chi connectivity index (χ4n) is 2.59. The monoisotopic (exact) mass is 379 g/mol. The Morgan fingerprint density at radius 2 is 2.17 bits per heavy atom. The molecule has 3 rings (SSSR count). The first kappa shape index (κ1) is 15.5. The SMILES string of the molecule is COC(=O)C1=C(C)Nc2nnnn2[C@@H]1c1ccc(Br)cc1OC. The number of tetrazole rings is 1. The lowest BCUT2D eigenvalue weighted by Crippen LogP contribution is -2.29. The summed E-state index contributed by atoms with van der Waals surface area (Å²) in [6.07, 6.45) is 0. The number of esters is 1.